The van der Waals surface area contributed by atoms with E-state index in [1.54, 1.807) is 16.4 Å². The van der Waals surface area contributed by atoms with E-state index in [1.807, 2.05) is 49.7 Å². The SMILES string of the molecule is COc1cccc(-c2sc(C)nc2C(=O)N2CCC2CNC(=O)c2c(C)nc3sccn23)c1. The second kappa shape index (κ2) is 8.60. The third kappa shape index (κ3) is 3.89. The first-order chi connectivity index (χ1) is 16.0. The Morgan fingerprint density at radius 3 is 2.88 bits per heavy atom. The van der Waals surface area contributed by atoms with Crippen molar-refractivity contribution in [3.05, 3.63) is 57.9 Å². The molecule has 0 radical (unpaired) electrons. The van der Waals surface area contributed by atoms with Gasteiger partial charge in [-0.05, 0) is 38.0 Å². The van der Waals surface area contributed by atoms with Crippen molar-refractivity contribution in [2.45, 2.75) is 26.3 Å². The second-order valence-corrected chi connectivity index (χ2v) is 9.97. The van der Waals surface area contributed by atoms with Crippen molar-refractivity contribution in [3.63, 3.8) is 0 Å². The van der Waals surface area contributed by atoms with Crippen LogP contribution in [0.5, 0.6) is 5.75 Å². The molecule has 0 saturated carbocycles. The number of hydrogen-bond donors (Lipinski definition) is 1. The number of aryl methyl sites for hydroxylation is 2. The number of methoxy groups -OCH3 is 1. The summed E-state index contributed by atoms with van der Waals surface area (Å²) in [6, 6.07) is 7.59. The van der Waals surface area contributed by atoms with Gasteiger partial charge in [-0.25, -0.2) is 9.97 Å². The van der Waals surface area contributed by atoms with Crippen LogP contribution in [0.4, 0.5) is 0 Å². The zero-order valence-corrected chi connectivity index (χ0v) is 20.1. The van der Waals surface area contributed by atoms with Crippen molar-refractivity contribution in [2.75, 3.05) is 20.2 Å². The van der Waals surface area contributed by atoms with Crippen LogP contribution < -0.4 is 10.1 Å². The summed E-state index contributed by atoms with van der Waals surface area (Å²) in [7, 11) is 1.62. The number of thiazole rings is 2. The molecule has 4 aromatic rings. The Kier molecular flexibility index (Phi) is 5.63. The molecular weight excluding hydrogens is 458 g/mol. The number of hydrogen-bond acceptors (Lipinski definition) is 7. The van der Waals surface area contributed by atoms with Crippen LogP contribution in [0.15, 0.2) is 35.8 Å². The lowest BCUT2D eigenvalue weighted by molar-refractivity contribution is 0.0451. The van der Waals surface area contributed by atoms with Crippen molar-refractivity contribution in [3.8, 4) is 16.2 Å². The molecule has 8 nitrogen and oxygen atoms in total. The fourth-order valence-electron chi connectivity index (χ4n) is 4.05. The molecule has 1 atom stereocenters. The molecule has 1 aliphatic rings. The van der Waals surface area contributed by atoms with Gasteiger partial charge < -0.3 is 15.0 Å². The molecule has 1 aliphatic heterocycles. The molecule has 4 heterocycles. The van der Waals surface area contributed by atoms with Crippen LogP contribution in [0.3, 0.4) is 0 Å². The standard InChI is InChI=1S/C23H23N5O3S2/c1-13-19(28-9-10-32-23(28)25-13)21(29)24-12-16-7-8-27(16)22(30)18-20(33-14(2)26-18)15-5-4-6-17(11-15)31-3/h4-6,9-11,16H,7-8,12H2,1-3H3,(H,24,29). The Labute approximate surface area is 198 Å². The number of likely N-dealkylation sites (tertiary alicyclic amines) is 1. The fraction of sp³-hybridized carbons (Fsp3) is 0.304. The quantitative estimate of drug-likeness (QED) is 0.453. The van der Waals surface area contributed by atoms with Crippen LogP contribution in [0.25, 0.3) is 15.4 Å². The van der Waals surface area contributed by atoms with Crippen molar-refractivity contribution in [1.82, 2.24) is 24.6 Å². The zero-order chi connectivity index (χ0) is 23.1. The van der Waals surface area contributed by atoms with Gasteiger partial charge in [-0.1, -0.05) is 12.1 Å². The van der Waals surface area contributed by atoms with Gasteiger partial charge in [0.1, 0.15) is 17.1 Å². The van der Waals surface area contributed by atoms with Gasteiger partial charge in [0.25, 0.3) is 11.8 Å². The number of fused-ring (bicyclic) bond motifs is 1. The van der Waals surface area contributed by atoms with Gasteiger partial charge in [0.15, 0.2) is 4.96 Å². The number of amides is 2. The molecule has 1 N–H and O–H groups in total. The first kappa shape index (κ1) is 21.6. The molecule has 0 spiro atoms. The van der Waals surface area contributed by atoms with E-state index in [2.05, 4.69) is 15.3 Å². The van der Waals surface area contributed by atoms with Gasteiger partial charge in [0.05, 0.1) is 28.7 Å². The molecule has 2 amide bonds. The normalized spacial score (nSPS) is 15.5. The van der Waals surface area contributed by atoms with Gasteiger partial charge >= 0.3 is 0 Å². The van der Waals surface area contributed by atoms with Crippen molar-refractivity contribution >= 4 is 39.4 Å². The highest BCUT2D eigenvalue weighted by atomic mass is 32.1. The largest absolute Gasteiger partial charge is 0.497 e. The van der Waals surface area contributed by atoms with E-state index in [0.717, 1.165) is 32.6 Å². The molecule has 10 heteroatoms. The minimum Gasteiger partial charge on any atom is -0.497 e. The molecule has 170 valence electrons. The van der Waals surface area contributed by atoms with Gasteiger partial charge in [0.2, 0.25) is 0 Å². The Morgan fingerprint density at radius 2 is 2.12 bits per heavy atom. The minimum atomic E-state index is -0.181. The Balaban J connectivity index is 1.31. The molecule has 0 bridgehead atoms. The monoisotopic (exact) mass is 481 g/mol. The van der Waals surface area contributed by atoms with Crippen molar-refractivity contribution in [2.24, 2.45) is 0 Å². The Hall–Kier alpha value is -3.24. The predicted octanol–water partition coefficient (Wildman–Crippen LogP) is 3.79. The van der Waals surface area contributed by atoms with E-state index in [-0.39, 0.29) is 17.9 Å². The molecule has 5 rings (SSSR count). The lowest BCUT2D eigenvalue weighted by Gasteiger charge is -2.40. The number of nitrogens with zero attached hydrogens (tertiary/aromatic N) is 4. The van der Waals surface area contributed by atoms with E-state index in [4.69, 9.17) is 4.74 Å². The highest BCUT2D eigenvalue weighted by Gasteiger charge is 2.35. The van der Waals surface area contributed by atoms with Gasteiger partial charge in [-0.2, -0.15) is 0 Å². The minimum absolute atomic E-state index is 0.0622. The van der Waals surface area contributed by atoms with Crippen molar-refractivity contribution < 1.29 is 14.3 Å². The van der Waals surface area contributed by atoms with E-state index in [0.29, 0.717) is 30.2 Å². The number of carbonyl (C=O) groups is 2. The number of rotatable bonds is 6. The van der Waals surface area contributed by atoms with Crippen molar-refractivity contribution in [1.29, 1.82) is 0 Å². The second-order valence-electron chi connectivity index (χ2n) is 7.90. The summed E-state index contributed by atoms with van der Waals surface area (Å²) in [5.74, 6) is 0.444. The maximum atomic E-state index is 13.4. The summed E-state index contributed by atoms with van der Waals surface area (Å²) in [6.07, 6.45) is 2.68. The average Bonchev–Trinajstić information content (AvgIpc) is 3.47. The first-order valence-electron chi connectivity index (χ1n) is 10.6. The fourth-order valence-corrected chi connectivity index (χ4v) is 5.72. The lowest BCUT2D eigenvalue weighted by Crippen LogP contribution is -2.56. The molecule has 1 aromatic carbocycles. The van der Waals surface area contributed by atoms with E-state index in [9.17, 15) is 9.59 Å². The summed E-state index contributed by atoms with van der Waals surface area (Å²) in [5, 5.41) is 5.72. The first-order valence-corrected chi connectivity index (χ1v) is 12.3. The van der Waals surface area contributed by atoms with Crippen LogP contribution in [0, 0.1) is 13.8 Å². The Bertz CT molecular complexity index is 1360. The highest BCUT2D eigenvalue weighted by molar-refractivity contribution is 7.15. The number of carbonyl (C=O) groups excluding carboxylic acids is 2. The maximum Gasteiger partial charge on any atom is 0.274 e. The topological polar surface area (TPSA) is 88.8 Å². The van der Waals surface area contributed by atoms with Gasteiger partial charge in [-0.15, -0.1) is 22.7 Å². The van der Waals surface area contributed by atoms with E-state index in [1.165, 1.54) is 22.7 Å². The van der Waals surface area contributed by atoms with Crippen LogP contribution in [0.2, 0.25) is 0 Å². The number of aromatic nitrogens is 3. The maximum absolute atomic E-state index is 13.4. The molecule has 1 saturated heterocycles. The smallest absolute Gasteiger partial charge is 0.274 e. The predicted molar refractivity (Wildman–Crippen MR) is 128 cm³/mol. The van der Waals surface area contributed by atoms with Crippen LogP contribution in [-0.4, -0.2) is 57.3 Å². The average molecular weight is 482 g/mol. The van der Waals surface area contributed by atoms with Gasteiger partial charge in [-0.3, -0.25) is 14.0 Å². The molecule has 1 unspecified atom stereocenters. The number of ether oxygens (including phenoxy) is 1. The third-order valence-corrected chi connectivity index (χ3v) is 7.60. The summed E-state index contributed by atoms with van der Waals surface area (Å²) >= 11 is 2.99. The number of nitrogens with one attached hydrogen (secondary N) is 1. The molecule has 33 heavy (non-hydrogen) atoms. The highest BCUT2D eigenvalue weighted by Crippen LogP contribution is 2.34. The third-order valence-electron chi connectivity index (χ3n) is 5.82. The summed E-state index contributed by atoms with van der Waals surface area (Å²) < 4.78 is 7.14. The number of imidazole rings is 1. The molecule has 3 aromatic heterocycles. The lowest BCUT2D eigenvalue weighted by atomic mass is 10.0. The summed E-state index contributed by atoms with van der Waals surface area (Å²) in [4.78, 5) is 38.6. The summed E-state index contributed by atoms with van der Waals surface area (Å²) in [6.45, 7) is 4.77. The van der Waals surface area contributed by atoms with E-state index < -0.39 is 0 Å². The molecular formula is C23H23N5O3S2. The number of benzene rings is 1. The van der Waals surface area contributed by atoms with E-state index >= 15 is 0 Å². The van der Waals surface area contributed by atoms with Gasteiger partial charge in [0, 0.05) is 24.7 Å². The molecule has 1 fully saturated rings. The van der Waals surface area contributed by atoms with Crippen LogP contribution in [-0.2, 0) is 0 Å². The molecule has 0 aliphatic carbocycles. The zero-order valence-electron chi connectivity index (χ0n) is 18.5. The van der Waals surface area contributed by atoms with Crippen LogP contribution >= 0.6 is 22.7 Å². The Morgan fingerprint density at radius 1 is 1.27 bits per heavy atom. The summed E-state index contributed by atoms with van der Waals surface area (Å²) in [5.41, 5.74) is 2.60. The van der Waals surface area contributed by atoms with Crippen LogP contribution in [0.1, 0.15) is 38.1 Å².